The molecule has 0 atom stereocenters. The van der Waals surface area contributed by atoms with Crippen LogP contribution in [0.5, 0.6) is 11.5 Å². The summed E-state index contributed by atoms with van der Waals surface area (Å²) in [5.74, 6) is 0.718. The monoisotopic (exact) mass is 296 g/mol. The fraction of sp³-hybridized carbons (Fsp3) is 0.176. The number of aromatic hydroxyl groups is 1. The van der Waals surface area contributed by atoms with E-state index in [1.165, 1.54) is 12.1 Å². The Labute approximate surface area is 127 Å². The van der Waals surface area contributed by atoms with Crippen LogP contribution in [0.15, 0.2) is 42.6 Å². The van der Waals surface area contributed by atoms with Crippen LogP contribution in [0.2, 0.25) is 0 Å². The summed E-state index contributed by atoms with van der Waals surface area (Å²) in [5, 5.41) is 13.8. The Morgan fingerprint density at radius 1 is 1.23 bits per heavy atom. The van der Waals surface area contributed by atoms with Crippen molar-refractivity contribution in [2.75, 3.05) is 7.11 Å². The second kappa shape index (κ2) is 5.52. The van der Waals surface area contributed by atoms with Crippen LogP contribution in [-0.4, -0.2) is 27.6 Å². The summed E-state index contributed by atoms with van der Waals surface area (Å²) in [7, 11) is 1.59. The van der Waals surface area contributed by atoms with E-state index in [9.17, 15) is 9.90 Å². The van der Waals surface area contributed by atoms with E-state index >= 15 is 0 Å². The lowest BCUT2D eigenvalue weighted by Crippen LogP contribution is -2.03. The highest BCUT2D eigenvalue weighted by Crippen LogP contribution is 2.23. The maximum Gasteiger partial charge on any atom is 0.197 e. The summed E-state index contributed by atoms with van der Waals surface area (Å²) in [5.41, 5.74) is 2.61. The zero-order chi connectivity index (χ0) is 15.7. The number of phenolic OH excluding ortho intramolecular Hbond substituents is 1. The van der Waals surface area contributed by atoms with Gasteiger partial charge in [0, 0.05) is 5.56 Å². The van der Waals surface area contributed by atoms with E-state index in [0.717, 1.165) is 11.2 Å². The van der Waals surface area contributed by atoms with Crippen LogP contribution in [0.1, 0.15) is 28.5 Å². The summed E-state index contributed by atoms with van der Waals surface area (Å²) >= 11 is 0. The standard InChI is InChI=1S/C17H16N2O3/c1-3-14-16(17(21)11-4-6-12(20)7-5-11)15-9-8-13(22-2)10-19(15)18-14/h4-10,20H,3H2,1-2H3. The summed E-state index contributed by atoms with van der Waals surface area (Å²) in [4.78, 5) is 12.8. The number of carbonyl (C=O) groups excluding carboxylic acids is 1. The molecule has 112 valence electrons. The number of benzene rings is 1. The van der Waals surface area contributed by atoms with Crippen molar-refractivity contribution in [1.29, 1.82) is 0 Å². The van der Waals surface area contributed by atoms with Gasteiger partial charge in [-0.15, -0.1) is 0 Å². The molecule has 1 aromatic carbocycles. The summed E-state index contributed by atoms with van der Waals surface area (Å²) in [6.07, 6.45) is 2.41. The quantitative estimate of drug-likeness (QED) is 0.752. The van der Waals surface area contributed by atoms with Crippen LogP contribution in [0.4, 0.5) is 0 Å². The molecule has 0 aliphatic heterocycles. The molecule has 0 fully saturated rings. The van der Waals surface area contributed by atoms with E-state index in [0.29, 0.717) is 23.3 Å². The molecule has 2 aromatic heterocycles. The van der Waals surface area contributed by atoms with Crippen molar-refractivity contribution in [3.8, 4) is 11.5 Å². The van der Waals surface area contributed by atoms with Gasteiger partial charge in [-0.25, -0.2) is 4.52 Å². The largest absolute Gasteiger partial charge is 0.508 e. The molecule has 22 heavy (non-hydrogen) atoms. The number of phenols is 1. The average Bonchev–Trinajstić information content (AvgIpc) is 2.92. The third-order valence-electron chi connectivity index (χ3n) is 3.60. The highest BCUT2D eigenvalue weighted by molar-refractivity contribution is 6.14. The molecule has 2 heterocycles. The average molecular weight is 296 g/mol. The number of methoxy groups -OCH3 is 1. The van der Waals surface area contributed by atoms with E-state index in [1.54, 1.807) is 30.0 Å². The third-order valence-corrected chi connectivity index (χ3v) is 3.60. The van der Waals surface area contributed by atoms with Gasteiger partial charge in [-0.3, -0.25) is 4.79 Å². The second-order valence-corrected chi connectivity index (χ2v) is 4.95. The van der Waals surface area contributed by atoms with Crippen molar-refractivity contribution in [2.45, 2.75) is 13.3 Å². The molecule has 0 aliphatic rings. The Balaban J connectivity index is 2.16. The van der Waals surface area contributed by atoms with Crippen LogP contribution in [0, 0.1) is 0 Å². The number of hydrogen-bond acceptors (Lipinski definition) is 4. The first kappa shape index (κ1) is 14.1. The number of ketones is 1. The van der Waals surface area contributed by atoms with Gasteiger partial charge < -0.3 is 9.84 Å². The normalized spacial score (nSPS) is 10.8. The minimum Gasteiger partial charge on any atom is -0.508 e. The Morgan fingerprint density at radius 3 is 2.59 bits per heavy atom. The maximum absolute atomic E-state index is 12.8. The van der Waals surface area contributed by atoms with Gasteiger partial charge in [0.2, 0.25) is 0 Å². The molecule has 0 bridgehead atoms. The number of fused-ring (bicyclic) bond motifs is 1. The van der Waals surface area contributed by atoms with Gasteiger partial charge in [-0.1, -0.05) is 6.92 Å². The minimum atomic E-state index is -0.1000. The molecular formula is C17H16N2O3. The lowest BCUT2D eigenvalue weighted by atomic mass is 10.0. The maximum atomic E-state index is 12.8. The van der Waals surface area contributed by atoms with Crippen molar-refractivity contribution in [3.05, 3.63) is 59.4 Å². The number of rotatable bonds is 4. The first-order valence-corrected chi connectivity index (χ1v) is 7.03. The molecule has 0 amide bonds. The SMILES string of the molecule is CCc1nn2cc(OC)ccc2c1C(=O)c1ccc(O)cc1. The molecule has 0 saturated carbocycles. The second-order valence-electron chi connectivity index (χ2n) is 4.95. The first-order valence-electron chi connectivity index (χ1n) is 7.03. The predicted molar refractivity (Wildman–Crippen MR) is 82.7 cm³/mol. The fourth-order valence-electron chi connectivity index (χ4n) is 2.45. The van der Waals surface area contributed by atoms with Gasteiger partial charge in [-0.05, 0) is 42.8 Å². The molecule has 0 saturated heterocycles. The molecule has 3 aromatic rings. The van der Waals surface area contributed by atoms with Gasteiger partial charge in [0.1, 0.15) is 11.5 Å². The van der Waals surface area contributed by atoms with Crippen molar-refractivity contribution in [3.63, 3.8) is 0 Å². The van der Waals surface area contributed by atoms with E-state index in [2.05, 4.69) is 5.10 Å². The summed E-state index contributed by atoms with van der Waals surface area (Å²) in [6, 6.07) is 9.89. The molecule has 1 N–H and O–H groups in total. The molecule has 0 unspecified atom stereocenters. The number of ether oxygens (including phenoxy) is 1. The van der Waals surface area contributed by atoms with Crippen molar-refractivity contribution >= 4 is 11.3 Å². The van der Waals surface area contributed by atoms with Crippen molar-refractivity contribution in [1.82, 2.24) is 9.61 Å². The lowest BCUT2D eigenvalue weighted by Gasteiger charge is -2.03. The fourth-order valence-corrected chi connectivity index (χ4v) is 2.45. The van der Waals surface area contributed by atoms with Crippen LogP contribution < -0.4 is 4.74 Å². The molecule has 5 heteroatoms. The zero-order valence-corrected chi connectivity index (χ0v) is 12.4. The van der Waals surface area contributed by atoms with Gasteiger partial charge >= 0.3 is 0 Å². The molecule has 0 aliphatic carbocycles. The van der Waals surface area contributed by atoms with E-state index < -0.39 is 0 Å². The third kappa shape index (κ3) is 2.30. The summed E-state index contributed by atoms with van der Waals surface area (Å²) in [6.45, 7) is 1.96. The Bertz CT molecular complexity index is 835. The smallest absolute Gasteiger partial charge is 0.197 e. The highest BCUT2D eigenvalue weighted by atomic mass is 16.5. The Kier molecular flexibility index (Phi) is 3.55. The van der Waals surface area contributed by atoms with E-state index in [4.69, 9.17) is 4.74 Å². The van der Waals surface area contributed by atoms with Crippen LogP contribution in [0.3, 0.4) is 0 Å². The van der Waals surface area contributed by atoms with Crippen LogP contribution in [-0.2, 0) is 6.42 Å². The minimum absolute atomic E-state index is 0.1000. The number of pyridine rings is 1. The Morgan fingerprint density at radius 2 is 1.95 bits per heavy atom. The van der Waals surface area contributed by atoms with Gasteiger partial charge in [0.15, 0.2) is 5.78 Å². The van der Waals surface area contributed by atoms with Crippen LogP contribution >= 0.6 is 0 Å². The predicted octanol–water partition coefficient (Wildman–Crippen LogP) is 2.84. The Hall–Kier alpha value is -2.82. The van der Waals surface area contributed by atoms with Gasteiger partial charge in [0.05, 0.1) is 30.1 Å². The number of aromatic nitrogens is 2. The number of nitrogens with zero attached hydrogens (tertiary/aromatic N) is 2. The van der Waals surface area contributed by atoms with Gasteiger partial charge in [0.25, 0.3) is 0 Å². The van der Waals surface area contributed by atoms with Gasteiger partial charge in [-0.2, -0.15) is 5.10 Å². The van der Waals surface area contributed by atoms with E-state index in [-0.39, 0.29) is 11.5 Å². The van der Waals surface area contributed by atoms with E-state index in [1.807, 2.05) is 19.1 Å². The summed E-state index contributed by atoms with van der Waals surface area (Å²) < 4.78 is 6.86. The number of aryl methyl sites for hydroxylation is 1. The molecule has 5 nitrogen and oxygen atoms in total. The van der Waals surface area contributed by atoms with Crippen molar-refractivity contribution in [2.24, 2.45) is 0 Å². The number of carbonyl (C=O) groups is 1. The van der Waals surface area contributed by atoms with Crippen LogP contribution in [0.25, 0.3) is 5.52 Å². The topological polar surface area (TPSA) is 63.8 Å². The number of hydrogen-bond donors (Lipinski definition) is 1. The van der Waals surface area contributed by atoms with Crippen molar-refractivity contribution < 1.29 is 14.6 Å². The molecule has 0 spiro atoms. The molecular weight excluding hydrogens is 280 g/mol. The lowest BCUT2D eigenvalue weighted by molar-refractivity contribution is 0.103. The highest BCUT2D eigenvalue weighted by Gasteiger charge is 2.20. The first-order chi connectivity index (χ1) is 10.6. The zero-order valence-electron chi connectivity index (χ0n) is 12.4. The molecule has 3 rings (SSSR count). The molecule has 0 radical (unpaired) electrons.